The number of rotatable bonds is 1. The molecule has 0 amide bonds. The Morgan fingerprint density at radius 2 is 1.60 bits per heavy atom. The highest BCUT2D eigenvalue weighted by Gasteiger charge is 2.12. The van der Waals surface area contributed by atoms with Crippen LogP contribution in [0.2, 0.25) is 0 Å². The van der Waals surface area contributed by atoms with Crippen molar-refractivity contribution in [2.75, 3.05) is 0 Å². The summed E-state index contributed by atoms with van der Waals surface area (Å²) >= 11 is 0. The van der Waals surface area contributed by atoms with Crippen LogP contribution < -0.4 is 21.9 Å². The fraction of sp³-hybridized carbons (Fsp3) is 0.200. The van der Waals surface area contributed by atoms with Crippen LogP contribution in [0.5, 0.6) is 0 Å². The number of aryl methyl sites for hydroxylation is 1. The largest absolute Gasteiger partial charge is 0.462 e. The second kappa shape index (κ2) is 3.55. The third-order valence-corrected chi connectivity index (χ3v) is 3.56. The van der Waals surface area contributed by atoms with Crippen LogP contribution in [-0.4, -0.2) is 31.4 Å². The molecule has 15 heavy (non-hydrogen) atoms. The summed E-state index contributed by atoms with van der Waals surface area (Å²) in [6, 6.07) is 2.18. The molecule has 2 aromatic rings. The Labute approximate surface area is 94.2 Å². The first-order valence-electron chi connectivity index (χ1n) is 5.55. The van der Waals surface area contributed by atoms with Crippen molar-refractivity contribution in [3.8, 4) is 0 Å². The summed E-state index contributed by atoms with van der Waals surface area (Å²) in [5.74, 6) is 1.08. The van der Waals surface area contributed by atoms with Gasteiger partial charge in [-0.3, -0.25) is 0 Å². The first-order chi connectivity index (χ1) is 7.06. The van der Waals surface area contributed by atoms with Gasteiger partial charge in [0.05, 0.1) is 0 Å². The van der Waals surface area contributed by atoms with Crippen molar-refractivity contribution in [2.24, 2.45) is 0 Å². The summed E-state index contributed by atoms with van der Waals surface area (Å²) in [4.78, 5) is 0. The summed E-state index contributed by atoms with van der Waals surface area (Å²) in [7, 11) is 8.69. The first kappa shape index (κ1) is 10.5. The van der Waals surface area contributed by atoms with Crippen molar-refractivity contribution in [1.82, 2.24) is 0 Å². The molecule has 5 heteroatoms. The summed E-state index contributed by atoms with van der Waals surface area (Å²) in [6.45, 7) is 2.13. The Morgan fingerprint density at radius 3 is 2.20 bits per heavy atom. The van der Waals surface area contributed by atoms with E-state index in [1.807, 2.05) is 0 Å². The molecule has 0 N–H and O–H groups in total. The lowest BCUT2D eigenvalue weighted by Gasteiger charge is -2.10. The van der Waals surface area contributed by atoms with Crippen molar-refractivity contribution >= 4 is 64.2 Å². The van der Waals surface area contributed by atoms with Crippen molar-refractivity contribution in [1.29, 1.82) is 0 Å². The van der Waals surface area contributed by atoms with Gasteiger partial charge in [-0.25, -0.2) is 0 Å². The molecule has 0 saturated carbocycles. The summed E-state index contributed by atoms with van der Waals surface area (Å²) in [6.07, 6.45) is 0.964. The van der Waals surface area contributed by atoms with Crippen molar-refractivity contribution < 1.29 is 4.42 Å². The molecule has 0 fully saturated rings. The van der Waals surface area contributed by atoms with Crippen LogP contribution in [0.25, 0.3) is 11.0 Å². The van der Waals surface area contributed by atoms with Gasteiger partial charge in [-0.05, 0) is 6.07 Å². The molecule has 1 aromatic carbocycles. The molecule has 1 aromatic heterocycles. The van der Waals surface area contributed by atoms with E-state index in [0.717, 1.165) is 17.8 Å². The average molecular weight is 193 g/mol. The minimum Gasteiger partial charge on any atom is -0.462 e. The Morgan fingerprint density at radius 1 is 1.00 bits per heavy atom. The monoisotopic (exact) mass is 194 g/mol. The van der Waals surface area contributed by atoms with E-state index in [4.69, 9.17) is 4.42 Å². The van der Waals surface area contributed by atoms with Gasteiger partial charge in [0.1, 0.15) is 42.7 Å². The molecule has 0 radical (unpaired) electrons. The minimum atomic E-state index is 0.964. The molecular formula is C10H14B4O. The fourth-order valence-electron chi connectivity index (χ4n) is 2.11. The first-order valence-corrected chi connectivity index (χ1v) is 5.55. The molecule has 0 spiro atoms. The maximum Gasteiger partial charge on any atom is 0.143 e. The van der Waals surface area contributed by atoms with Crippen molar-refractivity contribution in [2.45, 2.75) is 13.3 Å². The van der Waals surface area contributed by atoms with E-state index in [9.17, 15) is 0 Å². The van der Waals surface area contributed by atoms with Crippen LogP contribution in [0.1, 0.15) is 12.7 Å². The molecule has 1 heterocycles. The quantitative estimate of drug-likeness (QED) is 0.421. The third kappa shape index (κ3) is 1.45. The van der Waals surface area contributed by atoms with Crippen LogP contribution in [0.4, 0.5) is 0 Å². The summed E-state index contributed by atoms with van der Waals surface area (Å²) in [5, 5.41) is 1.28. The van der Waals surface area contributed by atoms with Gasteiger partial charge in [-0.1, -0.05) is 23.3 Å². The van der Waals surface area contributed by atoms with Crippen molar-refractivity contribution in [3.63, 3.8) is 0 Å². The van der Waals surface area contributed by atoms with E-state index in [1.165, 1.54) is 27.2 Å². The van der Waals surface area contributed by atoms with Crippen molar-refractivity contribution in [3.05, 3.63) is 11.8 Å². The third-order valence-electron chi connectivity index (χ3n) is 3.56. The van der Waals surface area contributed by atoms with Gasteiger partial charge in [0, 0.05) is 11.8 Å². The van der Waals surface area contributed by atoms with E-state index >= 15 is 0 Å². The standard InChI is InChI=1S/C10H14B4O/c1-2-4-3-5-6(11)7(12)8(13)9(14)10(5)15-4/h3H,2,11-14H2,1H3. The molecule has 0 atom stereocenters. The predicted octanol–water partition coefficient (Wildman–Crippen LogP) is -3.97. The van der Waals surface area contributed by atoms with E-state index < -0.39 is 0 Å². The zero-order chi connectivity index (χ0) is 11.2. The molecule has 0 aliphatic carbocycles. The molecule has 1 nitrogen and oxygen atoms in total. The highest BCUT2D eigenvalue weighted by molar-refractivity contribution is 6.66. The minimum absolute atomic E-state index is 0.964. The average Bonchev–Trinajstić information content (AvgIpc) is 2.67. The molecule has 2 rings (SSSR count). The Balaban J connectivity index is 2.90. The molecule has 0 bridgehead atoms. The number of hydrogen-bond acceptors (Lipinski definition) is 1. The SMILES string of the molecule is Bc1c(B)c(B)c2oc(CC)cc2c1B. The van der Waals surface area contributed by atoms with Gasteiger partial charge in [0.15, 0.2) is 0 Å². The van der Waals surface area contributed by atoms with Gasteiger partial charge in [0.2, 0.25) is 0 Å². The van der Waals surface area contributed by atoms with Crippen LogP contribution in [0, 0.1) is 0 Å². The normalized spacial score (nSPS) is 11.0. The molecule has 72 valence electrons. The number of furan rings is 1. The second-order valence-electron chi connectivity index (χ2n) is 4.31. The molecule has 0 aliphatic heterocycles. The van der Waals surface area contributed by atoms with Gasteiger partial charge < -0.3 is 4.42 Å². The Bertz CT molecular complexity index is 485. The van der Waals surface area contributed by atoms with Gasteiger partial charge in [-0.15, -0.1) is 5.46 Å². The lowest BCUT2D eigenvalue weighted by molar-refractivity contribution is 0.559. The molecule has 0 aliphatic rings. The zero-order valence-corrected chi connectivity index (χ0v) is 10.2. The zero-order valence-electron chi connectivity index (χ0n) is 10.2. The van der Waals surface area contributed by atoms with Gasteiger partial charge >= 0.3 is 0 Å². The number of benzene rings is 1. The summed E-state index contributed by atoms with van der Waals surface area (Å²) < 4.78 is 5.86. The van der Waals surface area contributed by atoms with Crippen LogP contribution in [0.15, 0.2) is 10.5 Å². The van der Waals surface area contributed by atoms with Crippen LogP contribution in [0.3, 0.4) is 0 Å². The van der Waals surface area contributed by atoms with Crippen LogP contribution >= 0.6 is 0 Å². The molecule has 0 unspecified atom stereocenters. The van der Waals surface area contributed by atoms with E-state index in [2.05, 4.69) is 44.4 Å². The van der Waals surface area contributed by atoms with Gasteiger partial charge in [-0.2, -0.15) is 0 Å². The molecular weight excluding hydrogens is 179 g/mol. The van der Waals surface area contributed by atoms with E-state index in [0.29, 0.717) is 0 Å². The fourth-order valence-corrected chi connectivity index (χ4v) is 2.11. The Kier molecular flexibility index (Phi) is 2.49. The predicted molar refractivity (Wildman–Crippen MR) is 78.3 cm³/mol. The van der Waals surface area contributed by atoms with E-state index in [-0.39, 0.29) is 0 Å². The lowest BCUT2D eigenvalue weighted by atomic mass is 9.66. The number of hydrogen-bond donors (Lipinski definition) is 0. The number of fused-ring (bicyclic) bond motifs is 1. The molecule has 0 saturated heterocycles. The smallest absolute Gasteiger partial charge is 0.143 e. The highest BCUT2D eigenvalue weighted by atomic mass is 16.3. The topological polar surface area (TPSA) is 13.1 Å². The lowest BCUT2D eigenvalue weighted by Crippen LogP contribution is -2.47. The van der Waals surface area contributed by atoms with Gasteiger partial charge in [0.25, 0.3) is 0 Å². The second-order valence-corrected chi connectivity index (χ2v) is 4.31. The maximum absolute atomic E-state index is 5.86. The maximum atomic E-state index is 5.86. The Hall–Kier alpha value is -0.980. The van der Waals surface area contributed by atoms with Crippen LogP contribution in [-0.2, 0) is 6.42 Å². The van der Waals surface area contributed by atoms with E-state index in [1.54, 1.807) is 0 Å². The summed E-state index contributed by atoms with van der Waals surface area (Å²) in [5.41, 5.74) is 6.47. The highest BCUT2D eigenvalue weighted by Crippen LogP contribution is 2.14.